The summed E-state index contributed by atoms with van der Waals surface area (Å²) in [6, 6.07) is 11.4. The third-order valence-corrected chi connectivity index (χ3v) is 4.59. The van der Waals surface area contributed by atoms with E-state index >= 15 is 0 Å². The van der Waals surface area contributed by atoms with Gasteiger partial charge in [0.25, 0.3) is 0 Å². The van der Waals surface area contributed by atoms with Gasteiger partial charge in [0.15, 0.2) is 0 Å². The van der Waals surface area contributed by atoms with Crippen LogP contribution < -0.4 is 0 Å². The quantitative estimate of drug-likeness (QED) is 0.452. The van der Waals surface area contributed by atoms with Crippen molar-refractivity contribution in [2.24, 2.45) is 0 Å². The van der Waals surface area contributed by atoms with Crippen LogP contribution in [0.15, 0.2) is 40.9 Å². The van der Waals surface area contributed by atoms with Crippen molar-refractivity contribution in [1.29, 1.82) is 0 Å². The number of nitrogens with zero attached hydrogens (tertiary/aromatic N) is 2. The summed E-state index contributed by atoms with van der Waals surface area (Å²) < 4.78 is 2.98. The Morgan fingerprint density at radius 1 is 1.10 bits per heavy atom. The van der Waals surface area contributed by atoms with E-state index in [9.17, 15) is 0 Å². The van der Waals surface area contributed by atoms with Crippen molar-refractivity contribution in [3.8, 4) is 5.69 Å². The maximum absolute atomic E-state index is 6.29. The van der Waals surface area contributed by atoms with Gasteiger partial charge in [-0.2, -0.15) is 0 Å². The fraction of sp³-hybridized carbons (Fsp3) is 0.133. The van der Waals surface area contributed by atoms with Gasteiger partial charge < -0.3 is 0 Å². The predicted molar refractivity (Wildman–Crippen MR) is 93.1 cm³/mol. The van der Waals surface area contributed by atoms with E-state index in [-0.39, 0.29) is 5.38 Å². The molecule has 0 spiro atoms. The molecule has 108 valence electrons. The van der Waals surface area contributed by atoms with Crippen LogP contribution in [-0.4, -0.2) is 9.55 Å². The van der Waals surface area contributed by atoms with Crippen LogP contribution in [-0.2, 0) is 0 Å². The van der Waals surface area contributed by atoms with Gasteiger partial charge in [-0.3, -0.25) is 4.57 Å². The fourth-order valence-corrected chi connectivity index (χ4v) is 3.02. The number of hydrogen-bond acceptors (Lipinski definition) is 1. The zero-order valence-corrected chi connectivity index (χ0v) is 14.8. The second-order valence-corrected chi connectivity index (χ2v) is 7.04. The van der Waals surface area contributed by atoms with Gasteiger partial charge in [-0.1, -0.05) is 39.1 Å². The highest BCUT2D eigenvalue weighted by atomic mass is 79.9. The normalized spacial score (nSPS) is 12.8. The minimum absolute atomic E-state index is 0.231. The van der Waals surface area contributed by atoms with Gasteiger partial charge >= 0.3 is 0 Å². The summed E-state index contributed by atoms with van der Waals surface area (Å²) in [5.41, 5.74) is 2.73. The SMILES string of the molecule is CC(Cl)c1nc2cc(Br)ccc2n1-c1ccc(Cl)c(Cl)c1. The Balaban J connectivity index is 2.33. The van der Waals surface area contributed by atoms with Crippen molar-refractivity contribution >= 4 is 61.8 Å². The van der Waals surface area contributed by atoms with Crippen LogP contribution in [0.3, 0.4) is 0 Å². The Kier molecular flexibility index (Phi) is 4.19. The van der Waals surface area contributed by atoms with E-state index in [1.165, 1.54) is 0 Å². The number of alkyl halides is 1. The van der Waals surface area contributed by atoms with Crippen LogP contribution in [0, 0.1) is 0 Å². The Morgan fingerprint density at radius 2 is 1.86 bits per heavy atom. The van der Waals surface area contributed by atoms with E-state index in [1.54, 1.807) is 6.07 Å². The minimum Gasteiger partial charge on any atom is -0.295 e. The zero-order chi connectivity index (χ0) is 15.1. The van der Waals surface area contributed by atoms with Crippen LogP contribution in [0.4, 0.5) is 0 Å². The average Bonchev–Trinajstić information content (AvgIpc) is 2.80. The molecule has 6 heteroatoms. The average molecular weight is 405 g/mol. The van der Waals surface area contributed by atoms with Gasteiger partial charge in [-0.05, 0) is 43.3 Å². The molecule has 0 aliphatic heterocycles. The standard InChI is InChI=1S/C15H10BrCl3N2/c1-8(17)15-20-13-6-9(16)2-5-14(13)21(15)10-3-4-11(18)12(19)7-10/h2-8H,1H3. The molecule has 2 nitrogen and oxygen atoms in total. The van der Waals surface area contributed by atoms with Crippen LogP contribution >= 0.6 is 50.7 Å². The highest BCUT2D eigenvalue weighted by Crippen LogP contribution is 2.32. The lowest BCUT2D eigenvalue weighted by Crippen LogP contribution is -2.01. The van der Waals surface area contributed by atoms with Gasteiger partial charge in [0.1, 0.15) is 5.82 Å². The first-order chi connectivity index (χ1) is 9.97. The molecular formula is C15H10BrCl3N2. The molecule has 0 saturated heterocycles. The van der Waals surface area contributed by atoms with Crippen LogP contribution in [0.5, 0.6) is 0 Å². The number of rotatable bonds is 2. The van der Waals surface area contributed by atoms with Gasteiger partial charge in [0.05, 0.1) is 26.5 Å². The predicted octanol–water partition coefficient (Wildman–Crippen LogP) is 6.39. The molecule has 3 aromatic rings. The van der Waals surface area contributed by atoms with E-state index in [2.05, 4.69) is 20.9 Å². The maximum Gasteiger partial charge on any atom is 0.132 e. The van der Waals surface area contributed by atoms with Crippen molar-refractivity contribution in [2.45, 2.75) is 12.3 Å². The van der Waals surface area contributed by atoms with E-state index in [0.717, 1.165) is 27.0 Å². The van der Waals surface area contributed by atoms with E-state index in [1.807, 2.05) is 41.8 Å². The van der Waals surface area contributed by atoms with E-state index in [0.29, 0.717) is 10.0 Å². The summed E-state index contributed by atoms with van der Waals surface area (Å²) in [4.78, 5) is 4.63. The number of aromatic nitrogens is 2. The number of benzene rings is 2. The van der Waals surface area contributed by atoms with Crippen molar-refractivity contribution < 1.29 is 0 Å². The van der Waals surface area contributed by atoms with Crippen molar-refractivity contribution in [1.82, 2.24) is 9.55 Å². The molecule has 2 aromatic carbocycles. The van der Waals surface area contributed by atoms with Crippen molar-refractivity contribution in [3.63, 3.8) is 0 Å². The Bertz CT molecular complexity index is 827. The first kappa shape index (κ1) is 15.2. The third kappa shape index (κ3) is 2.80. The first-order valence-corrected chi connectivity index (χ1v) is 8.23. The largest absolute Gasteiger partial charge is 0.295 e. The summed E-state index contributed by atoms with van der Waals surface area (Å²) in [6.07, 6.45) is 0. The number of fused-ring (bicyclic) bond motifs is 1. The Hall–Kier alpha value is -0.740. The van der Waals surface area contributed by atoms with Crippen LogP contribution in [0.25, 0.3) is 16.7 Å². The summed E-state index contributed by atoms with van der Waals surface area (Å²) >= 11 is 21.9. The molecule has 0 N–H and O–H groups in total. The molecule has 0 amide bonds. The van der Waals surface area contributed by atoms with Crippen LogP contribution in [0.1, 0.15) is 18.1 Å². The molecular weight excluding hydrogens is 394 g/mol. The van der Waals surface area contributed by atoms with Gasteiger partial charge in [-0.25, -0.2) is 4.98 Å². The molecule has 1 heterocycles. The highest BCUT2D eigenvalue weighted by Gasteiger charge is 2.17. The molecule has 1 atom stereocenters. The highest BCUT2D eigenvalue weighted by molar-refractivity contribution is 9.10. The summed E-state index contributed by atoms with van der Waals surface area (Å²) in [6.45, 7) is 1.89. The second-order valence-electron chi connectivity index (χ2n) is 4.65. The van der Waals surface area contributed by atoms with Crippen molar-refractivity contribution in [3.05, 3.63) is 56.7 Å². The van der Waals surface area contributed by atoms with Gasteiger partial charge in [-0.15, -0.1) is 11.6 Å². The fourth-order valence-electron chi connectivity index (χ4n) is 2.23. The second kappa shape index (κ2) is 5.81. The smallest absolute Gasteiger partial charge is 0.132 e. The molecule has 1 unspecified atom stereocenters. The summed E-state index contributed by atoms with van der Waals surface area (Å²) in [7, 11) is 0. The van der Waals surface area contributed by atoms with Crippen molar-refractivity contribution in [2.75, 3.05) is 0 Å². The Morgan fingerprint density at radius 3 is 2.52 bits per heavy atom. The molecule has 0 aliphatic carbocycles. The third-order valence-electron chi connectivity index (χ3n) is 3.16. The van der Waals surface area contributed by atoms with E-state index < -0.39 is 0 Å². The lowest BCUT2D eigenvalue weighted by molar-refractivity contribution is 0.882. The molecule has 21 heavy (non-hydrogen) atoms. The number of imidazole rings is 1. The molecule has 0 saturated carbocycles. The van der Waals surface area contributed by atoms with Crippen LogP contribution in [0.2, 0.25) is 10.0 Å². The molecule has 0 radical (unpaired) electrons. The topological polar surface area (TPSA) is 17.8 Å². The zero-order valence-electron chi connectivity index (χ0n) is 10.9. The number of hydrogen-bond donors (Lipinski definition) is 0. The summed E-state index contributed by atoms with van der Waals surface area (Å²) in [5.74, 6) is 0.767. The number of halogens is 4. The Labute approximate surface area is 145 Å². The molecule has 0 aliphatic rings. The minimum atomic E-state index is -0.231. The van der Waals surface area contributed by atoms with E-state index in [4.69, 9.17) is 34.8 Å². The first-order valence-electron chi connectivity index (χ1n) is 6.25. The lowest BCUT2D eigenvalue weighted by Gasteiger charge is -2.11. The molecule has 1 aromatic heterocycles. The monoisotopic (exact) mass is 402 g/mol. The molecule has 3 rings (SSSR count). The summed E-state index contributed by atoms with van der Waals surface area (Å²) in [5, 5.41) is 0.792. The van der Waals surface area contributed by atoms with Gasteiger partial charge in [0, 0.05) is 10.2 Å². The molecule has 0 fully saturated rings. The van der Waals surface area contributed by atoms with Gasteiger partial charge in [0.2, 0.25) is 0 Å². The maximum atomic E-state index is 6.29. The molecule has 0 bridgehead atoms. The lowest BCUT2D eigenvalue weighted by atomic mass is 10.2.